The molecule has 2 aromatic carbocycles. The van der Waals surface area contributed by atoms with Crippen LogP contribution in [-0.4, -0.2) is 30.4 Å². The van der Waals surface area contributed by atoms with E-state index in [1.54, 1.807) is 24.3 Å². The molecular weight excluding hydrogens is 396 g/mol. The van der Waals surface area contributed by atoms with E-state index in [0.717, 1.165) is 0 Å². The van der Waals surface area contributed by atoms with Crippen LogP contribution >= 0.6 is 11.6 Å². The van der Waals surface area contributed by atoms with E-state index < -0.39 is 18.0 Å². The molecule has 150 valence electrons. The lowest BCUT2D eigenvalue weighted by Gasteiger charge is -2.14. The normalized spacial score (nSPS) is 11.1. The van der Waals surface area contributed by atoms with Crippen molar-refractivity contribution in [2.45, 2.75) is 26.4 Å². The molecular formula is C21H19ClN2O5. The van der Waals surface area contributed by atoms with Gasteiger partial charge in [-0.3, -0.25) is 14.4 Å². The molecule has 1 amide bonds. The van der Waals surface area contributed by atoms with E-state index in [-0.39, 0.29) is 23.8 Å². The zero-order valence-electron chi connectivity index (χ0n) is 15.9. The summed E-state index contributed by atoms with van der Waals surface area (Å²) >= 11 is 5.92. The van der Waals surface area contributed by atoms with Crippen LogP contribution in [0.15, 0.2) is 42.5 Å². The van der Waals surface area contributed by atoms with Gasteiger partial charge in [0.15, 0.2) is 11.9 Å². The van der Waals surface area contributed by atoms with E-state index >= 15 is 0 Å². The summed E-state index contributed by atoms with van der Waals surface area (Å²) in [7, 11) is 0. The van der Waals surface area contributed by atoms with Gasteiger partial charge >= 0.3 is 5.97 Å². The molecule has 0 saturated carbocycles. The van der Waals surface area contributed by atoms with Gasteiger partial charge in [-0.1, -0.05) is 11.6 Å². The first-order chi connectivity index (χ1) is 13.8. The van der Waals surface area contributed by atoms with Crippen LogP contribution in [0, 0.1) is 11.3 Å². The summed E-state index contributed by atoms with van der Waals surface area (Å²) in [6.45, 7) is 2.98. The number of ketones is 1. The Labute approximate surface area is 173 Å². The van der Waals surface area contributed by atoms with Crippen LogP contribution in [0.25, 0.3) is 0 Å². The summed E-state index contributed by atoms with van der Waals surface area (Å²) in [6, 6.07) is 12.9. The molecule has 1 atom stereocenters. The average Bonchev–Trinajstić information content (AvgIpc) is 2.68. The number of Topliss-reactive ketones (excluding diaryl/α,β-unsaturated/α-hetero) is 1. The second-order valence-corrected chi connectivity index (χ2v) is 6.51. The molecule has 0 radical (unpaired) electrons. The maximum Gasteiger partial charge on any atom is 0.310 e. The summed E-state index contributed by atoms with van der Waals surface area (Å²) in [6.07, 6.45) is -1.07. The van der Waals surface area contributed by atoms with Gasteiger partial charge in [0.05, 0.1) is 23.6 Å². The lowest BCUT2D eigenvalue weighted by molar-refractivity contribution is -0.153. The first kappa shape index (κ1) is 21.9. The highest BCUT2D eigenvalue weighted by molar-refractivity contribution is 6.32. The molecule has 1 N–H and O–H groups in total. The third-order valence-electron chi connectivity index (χ3n) is 3.87. The molecule has 0 fully saturated rings. The van der Waals surface area contributed by atoms with Crippen molar-refractivity contribution in [3.63, 3.8) is 0 Å². The van der Waals surface area contributed by atoms with Gasteiger partial charge in [0.1, 0.15) is 11.8 Å². The largest absolute Gasteiger partial charge is 0.493 e. The molecule has 7 nitrogen and oxygen atoms in total. The monoisotopic (exact) mass is 414 g/mol. The Kier molecular flexibility index (Phi) is 7.75. The second kappa shape index (κ2) is 10.2. The number of anilines is 1. The summed E-state index contributed by atoms with van der Waals surface area (Å²) in [4.78, 5) is 35.3. The molecule has 0 bridgehead atoms. The molecule has 0 aliphatic heterocycles. The molecule has 8 heteroatoms. The summed E-state index contributed by atoms with van der Waals surface area (Å²) < 4.78 is 10.5. The number of nitrogens with zero attached hydrogens (tertiary/aromatic N) is 1. The van der Waals surface area contributed by atoms with Crippen molar-refractivity contribution < 1.29 is 23.9 Å². The lowest BCUT2D eigenvalue weighted by atomic mass is 10.1. The Morgan fingerprint density at radius 1 is 1.17 bits per heavy atom. The molecule has 0 saturated heterocycles. The van der Waals surface area contributed by atoms with Gasteiger partial charge in [0.2, 0.25) is 0 Å². The van der Waals surface area contributed by atoms with Gasteiger partial charge in [-0.25, -0.2) is 0 Å². The van der Waals surface area contributed by atoms with Crippen molar-refractivity contribution >= 4 is 34.9 Å². The molecule has 29 heavy (non-hydrogen) atoms. The van der Waals surface area contributed by atoms with Crippen molar-refractivity contribution in [1.82, 2.24) is 0 Å². The van der Waals surface area contributed by atoms with Crippen LogP contribution in [0.3, 0.4) is 0 Å². The number of hydrogen-bond acceptors (Lipinski definition) is 6. The standard InChI is InChI=1S/C21H19ClN2O5/c1-13(25)15-4-7-18(8-5-15)28-10-9-20(26)29-14(2)21(27)24-17-6-3-16(12-23)19(22)11-17/h3-8,11,14H,9-10H2,1-2H3,(H,24,27). The van der Waals surface area contributed by atoms with Crippen LogP contribution < -0.4 is 10.1 Å². The highest BCUT2D eigenvalue weighted by atomic mass is 35.5. The number of ether oxygens (including phenoxy) is 2. The number of carbonyl (C=O) groups excluding carboxylic acids is 3. The molecule has 0 heterocycles. The van der Waals surface area contributed by atoms with Gasteiger partial charge < -0.3 is 14.8 Å². The van der Waals surface area contributed by atoms with E-state index in [4.69, 9.17) is 26.3 Å². The summed E-state index contributed by atoms with van der Waals surface area (Å²) in [5.74, 6) is -0.646. The van der Waals surface area contributed by atoms with Crippen LogP contribution in [0.4, 0.5) is 5.69 Å². The highest BCUT2D eigenvalue weighted by Crippen LogP contribution is 2.20. The average molecular weight is 415 g/mol. The minimum atomic E-state index is -1.02. The maximum atomic E-state index is 12.1. The number of carbonyl (C=O) groups is 3. The third-order valence-corrected chi connectivity index (χ3v) is 4.18. The minimum absolute atomic E-state index is 0.0457. The number of amides is 1. The fourth-order valence-corrected chi connectivity index (χ4v) is 2.50. The van der Waals surface area contributed by atoms with E-state index in [1.807, 2.05) is 6.07 Å². The van der Waals surface area contributed by atoms with E-state index in [9.17, 15) is 14.4 Å². The van der Waals surface area contributed by atoms with Gasteiger partial charge in [0.25, 0.3) is 5.91 Å². The summed E-state index contributed by atoms with van der Waals surface area (Å²) in [5, 5.41) is 11.6. The maximum absolute atomic E-state index is 12.1. The molecule has 0 aromatic heterocycles. The SMILES string of the molecule is CC(=O)c1ccc(OCCC(=O)OC(C)C(=O)Nc2ccc(C#N)c(Cl)c2)cc1. The Morgan fingerprint density at radius 2 is 1.86 bits per heavy atom. The smallest absolute Gasteiger partial charge is 0.310 e. The van der Waals surface area contributed by atoms with Crippen molar-refractivity contribution in [3.8, 4) is 11.8 Å². The van der Waals surface area contributed by atoms with E-state index in [1.165, 1.54) is 32.0 Å². The van der Waals surface area contributed by atoms with E-state index in [0.29, 0.717) is 22.6 Å². The van der Waals surface area contributed by atoms with Crippen molar-refractivity contribution in [1.29, 1.82) is 5.26 Å². The molecule has 0 spiro atoms. The zero-order chi connectivity index (χ0) is 21.4. The first-order valence-electron chi connectivity index (χ1n) is 8.74. The van der Waals surface area contributed by atoms with Gasteiger partial charge in [-0.2, -0.15) is 5.26 Å². The Balaban J connectivity index is 1.77. The number of nitrogens with one attached hydrogen (secondary N) is 1. The van der Waals surface area contributed by atoms with Crippen molar-refractivity contribution in [2.75, 3.05) is 11.9 Å². The van der Waals surface area contributed by atoms with Gasteiger partial charge in [0, 0.05) is 11.3 Å². The van der Waals surface area contributed by atoms with E-state index in [2.05, 4.69) is 5.32 Å². The topological polar surface area (TPSA) is 105 Å². The fraction of sp³-hybridized carbons (Fsp3) is 0.238. The lowest BCUT2D eigenvalue weighted by Crippen LogP contribution is -2.30. The minimum Gasteiger partial charge on any atom is -0.493 e. The van der Waals surface area contributed by atoms with Crippen molar-refractivity contribution in [2.24, 2.45) is 0 Å². The Bertz CT molecular complexity index is 951. The predicted octanol–water partition coefficient (Wildman–Crippen LogP) is 3.75. The van der Waals surface area contributed by atoms with Crippen LogP contribution in [-0.2, 0) is 14.3 Å². The fourth-order valence-electron chi connectivity index (χ4n) is 2.28. The second-order valence-electron chi connectivity index (χ2n) is 6.11. The molecule has 1 unspecified atom stereocenters. The summed E-state index contributed by atoms with van der Waals surface area (Å²) in [5.41, 5.74) is 1.25. The number of nitriles is 1. The zero-order valence-corrected chi connectivity index (χ0v) is 16.7. The Hall–Kier alpha value is -3.37. The van der Waals surface area contributed by atoms with Gasteiger partial charge in [-0.05, 0) is 56.3 Å². The number of rotatable bonds is 8. The molecule has 0 aliphatic carbocycles. The van der Waals surface area contributed by atoms with Crippen LogP contribution in [0.1, 0.15) is 36.2 Å². The molecule has 0 aliphatic rings. The van der Waals surface area contributed by atoms with Crippen LogP contribution in [0.2, 0.25) is 5.02 Å². The Morgan fingerprint density at radius 3 is 2.45 bits per heavy atom. The predicted molar refractivity (Wildman–Crippen MR) is 107 cm³/mol. The molecule has 2 aromatic rings. The molecule has 2 rings (SSSR count). The number of esters is 1. The highest BCUT2D eigenvalue weighted by Gasteiger charge is 2.18. The number of halogens is 1. The number of hydrogen-bond donors (Lipinski definition) is 1. The van der Waals surface area contributed by atoms with Crippen LogP contribution in [0.5, 0.6) is 5.75 Å². The quantitative estimate of drug-likeness (QED) is 0.520. The van der Waals surface area contributed by atoms with Gasteiger partial charge in [-0.15, -0.1) is 0 Å². The first-order valence-corrected chi connectivity index (χ1v) is 9.11. The number of benzene rings is 2. The van der Waals surface area contributed by atoms with Crippen molar-refractivity contribution in [3.05, 3.63) is 58.6 Å². The third kappa shape index (κ3) is 6.63.